The summed E-state index contributed by atoms with van der Waals surface area (Å²) in [4.78, 5) is 13.3. The highest BCUT2D eigenvalue weighted by molar-refractivity contribution is 5.99. The van der Waals surface area contributed by atoms with Gasteiger partial charge in [-0.15, -0.1) is 0 Å². The maximum atomic E-state index is 11.7. The quantitative estimate of drug-likeness (QED) is 0.655. The summed E-state index contributed by atoms with van der Waals surface area (Å²) in [6, 6.07) is 0. The van der Waals surface area contributed by atoms with Gasteiger partial charge in [-0.05, 0) is 20.8 Å². The lowest BCUT2D eigenvalue weighted by Gasteiger charge is -2.31. The number of carbonyl (C=O) groups excluding carboxylic acids is 1. The zero-order valence-corrected chi connectivity index (χ0v) is 10.0. The molecular weight excluding hydrogens is 206 g/mol. The van der Waals surface area contributed by atoms with Crippen molar-refractivity contribution in [3.63, 3.8) is 0 Å². The summed E-state index contributed by atoms with van der Waals surface area (Å²) in [6.45, 7) is 6.37. The van der Waals surface area contributed by atoms with Crippen molar-refractivity contribution in [3.8, 4) is 0 Å². The molecule has 90 valence electrons. The Labute approximate surface area is 95.8 Å². The summed E-state index contributed by atoms with van der Waals surface area (Å²) >= 11 is 0. The van der Waals surface area contributed by atoms with Gasteiger partial charge < -0.3 is 20.8 Å². The molecule has 5 heteroatoms. The molecule has 0 aromatic heterocycles. The van der Waals surface area contributed by atoms with Crippen LogP contribution in [0.15, 0.2) is 11.8 Å². The van der Waals surface area contributed by atoms with Gasteiger partial charge in [0.05, 0.1) is 6.54 Å². The van der Waals surface area contributed by atoms with E-state index in [1.807, 2.05) is 20.8 Å². The highest BCUT2D eigenvalue weighted by atomic mass is 16.6. The average molecular weight is 225 g/mol. The normalized spacial score (nSPS) is 20.1. The number of ether oxygens (including phenoxy) is 1. The van der Waals surface area contributed by atoms with E-state index < -0.39 is 5.60 Å². The van der Waals surface area contributed by atoms with Gasteiger partial charge in [0.15, 0.2) is 0 Å². The van der Waals surface area contributed by atoms with Crippen molar-refractivity contribution >= 4 is 11.8 Å². The van der Waals surface area contributed by atoms with E-state index in [0.29, 0.717) is 30.8 Å². The zero-order valence-electron chi connectivity index (χ0n) is 10.0. The van der Waals surface area contributed by atoms with Gasteiger partial charge >= 0.3 is 6.09 Å². The van der Waals surface area contributed by atoms with Gasteiger partial charge in [0.25, 0.3) is 0 Å². The van der Waals surface area contributed by atoms with Gasteiger partial charge in [0, 0.05) is 30.5 Å². The molecule has 1 aliphatic rings. The minimum absolute atomic E-state index is 0.348. The number of amides is 1. The third kappa shape index (κ3) is 3.25. The molecule has 0 radical (unpaired) electrons. The van der Waals surface area contributed by atoms with Crippen LogP contribution < -0.4 is 5.73 Å². The summed E-state index contributed by atoms with van der Waals surface area (Å²) in [5.74, 6) is 0. The van der Waals surface area contributed by atoms with Crippen molar-refractivity contribution in [2.24, 2.45) is 5.73 Å². The van der Waals surface area contributed by atoms with Crippen LogP contribution >= 0.6 is 0 Å². The zero-order chi connectivity index (χ0) is 12.3. The lowest BCUT2D eigenvalue weighted by atomic mass is 10.0. The fraction of sp³-hybridized carbons (Fsp3) is 0.636. The first kappa shape index (κ1) is 12.5. The molecule has 1 amide bonds. The molecule has 0 saturated carbocycles. The molecule has 0 aliphatic carbocycles. The maximum absolute atomic E-state index is 11.7. The predicted molar refractivity (Wildman–Crippen MR) is 62.4 cm³/mol. The smallest absolute Gasteiger partial charge is 0.410 e. The molecule has 0 aromatic carbocycles. The third-order valence-electron chi connectivity index (χ3n) is 2.23. The summed E-state index contributed by atoms with van der Waals surface area (Å²) in [5.41, 5.74) is 6.10. The van der Waals surface area contributed by atoms with E-state index in [1.165, 1.54) is 6.20 Å². The number of likely N-dealkylation sites (tertiary alicyclic amines) is 1. The predicted octanol–water partition coefficient (Wildman–Crippen LogP) is 1.49. The number of hydrogen-bond acceptors (Lipinski definition) is 4. The minimum Gasteiger partial charge on any atom is -0.444 e. The second-order valence-corrected chi connectivity index (χ2v) is 4.82. The van der Waals surface area contributed by atoms with Gasteiger partial charge in [-0.3, -0.25) is 0 Å². The molecule has 5 nitrogen and oxygen atoms in total. The Hall–Kier alpha value is -1.52. The molecule has 16 heavy (non-hydrogen) atoms. The van der Waals surface area contributed by atoms with Crippen molar-refractivity contribution in [2.75, 3.05) is 13.1 Å². The van der Waals surface area contributed by atoms with Crippen molar-refractivity contribution < 1.29 is 9.53 Å². The van der Waals surface area contributed by atoms with E-state index in [1.54, 1.807) is 4.90 Å². The van der Waals surface area contributed by atoms with Gasteiger partial charge in [-0.1, -0.05) is 0 Å². The Morgan fingerprint density at radius 2 is 2.19 bits per heavy atom. The van der Waals surface area contributed by atoms with Gasteiger partial charge in [0.2, 0.25) is 0 Å². The average Bonchev–Trinajstić information content (AvgIpc) is 2.15. The molecule has 0 spiro atoms. The number of nitrogens with zero attached hydrogens (tertiary/aromatic N) is 1. The minimum atomic E-state index is -0.491. The van der Waals surface area contributed by atoms with Crippen LogP contribution in [0.1, 0.15) is 27.2 Å². The largest absolute Gasteiger partial charge is 0.444 e. The molecule has 1 saturated heterocycles. The van der Waals surface area contributed by atoms with Crippen LogP contribution in [0.5, 0.6) is 0 Å². The summed E-state index contributed by atoms with van der Waals surface area (Å²) in [7, 11) is 0. The second-order valence-electron chi connectivity index (χ2n) is 4.82. The Kier molecular flexibility index (Phi) is 3.57. The van der Waals surface area contributed by atoms with Gasteiger partial charge in [-0.25, -0.2) is 4.79 Å². The van der Waals surface area contributed by atoms with E-state index >= 15 is 0 Å². The van der Waals surface area contributed by atoms with Crippen molar-refractivity contribution in [1.29, 1.82) is 5.41 Å². The molecule has 0 aromatic rings. The highest BCUT2D eigenvalue weighted by Crippen LogP contribution is 2.16. The van der Waals surface area contributed by atoms with Crippen molar-refractivity contribution in [2.45, 2.75) is 32.8 Å². The number of rotatable bonds is 0. The first-order valence-electron chi connectivity index (χ1n) is 5.30. The van der Waals surface area contributed by atoms with Crippen LogP contribution in [0, 0.1) is 5.41 Å². The Morgan fingerprint density at radius 1 is 1.56 bits per heavy atom. The Morgan fingerprint density at radius 3 is 2.69 bits per heavy atom. The van der Waals surface area contributed by atoms with Crippen molar-refractivity contribution in [3.05, 3.63) is 11.8 Å². The van der Waals surface area contributed by atoms with Crippen LogP contribution in [-0.2, 0) is 4.74 Å². The van der Waals surface area contributed by atoms with Crippen LogP contribution in [-0.4, -0.2) is 35.4 Å². The van der Waals surface area contributed by atoms with Crippen LogP contribution in [0.3, 0.4) is 0 Å². The first-order chi connectivity index (χ1) is 7.33. The van der Waals surface area contributed by atoms with Gasteiger partial charge in [-0.2, -0.15) is 0 Å². The van der Waals surface area contributed by atoms with Crippen LogP contribution in [0.4, 0.5) is 4.79 Å². The summed E-state index contributed by atoms with van der Waals surface area (Å²) < 4.78 is 5.25. The number of nitrogens with one attached hydrogen (secondary N) is 1. The molecule has 1 rings (SSSR count). The van der Waals surface area contributed by atoms with Gasteiger partial charge in [0.1, 0.15) is 5.60 Å². The molecule has 3 N–H and O–H groups in total. The number of nitrogens with two attached hydrogens (primary N) is 1. The van der Waals surface area contributed by atoms with E-state index in [-0.39, 0.29) is 6.09 Å². The van der Waals surface area contributed by atoms with Crippen LogP contribution in [0.25, 0.3) is 0 Å². The lowest BCUT2D eigenvalue weighted by molar-refractivity contribution is 0.0267. The molecule has 0 atom stereocenters. The summed E-state index contributed by atoms with van der Waals surface area (Å²) in [5, 5.41) is 7.63. The van der Waals surface area contributed by atoms with Crippen molar-refractivity contribution in [1.82, 2.24) is 4.90 Å². The topological polar surface area (TPSA) is 79.4 Å². The number of carbonyl (C=O) groups is 1. The molecular formula is C11H19N3O2. The summed E-state index contributed by atoms with van der Waals surface area (Å²) in [6.07, 6.45) is 1.57. The Bertz CT molecular complexity index is 329. The van der Waals surface area contributed by atoms with E-state index in [0.717, 1.165) is 0 Å². The Balaban J connectivity index is 2.63. The fourth-order valence-corrected chi connectivity index (χ4v) is 1.42. The highest BCUT2D eigenvalue weighted by Gasteiger charge is 2.26. The lowest BCUT2D eigenvalue weighted by Crippen LogP contribution is -2.43. The van der Waals surface area contributed by atoms with E-state index in [2.05, 4.69) is 0 Å². The molecule has 0 bridgehead atoms. The molecule has 0 unspecified atom stereocenters. The molecule has 1 aliphatic heterocycles. The first-order valence-corrected chi connectivity index (χ1v) is 5.30. The SMILES string of the molecule is CC(C)(C)OC(=O)N1CCC(=N)/C(=C\N)C1. The number of piperidine rings is 1. The monoisotopic (exact) mass is 225 g/mol. The fourth-order valence-electron chi connectivity index (χ4n) is 1.42. The third-order valence-corrected chi connectivity index (χ3v) is 2.23. The van der Waals surface area contributed by atoms with E-state index in [9.17, 15) is 4.79 Å². The van der Waals surface area contributed by atoms with Crippen LogP contribution in [0.2, 0.25) is 0 Å². The molecule has 1 fully saturated rings. The maximum Gasteiger partial charge on any atom is 0.410 e. The standard InChI is InChI=1S/C11H19N3O2/c1-11(2,3)16-10(15)14-5-4-9(13)8(6-12)7-14/h6,13H,4-5,7,12H2,1-3H3/b8-6-,13-9?. The second kappa shape index (κ2) is 4.55. The number of hydrogen-bond donors (Lipinski definition) is 2. The van der Waals surface area contributed by atoms with E-state index in [4.69, 9.17) is 15.9 Å². The molecule has 1 heterocycles.